The Kier molecular flexibility index (Phi) is 5.56. The number of nitrogens with one attached hydrogen (secondary N) is 2. The lowest BCUT2D eigenvalue weighted by molar-refractivity contribution is -0.120. The van der Waals surface area contributed by atoms with Crippen LogP contribution in [0.25, 0.3) is 0 Å². The number of carbonyl (C=O) groups is 1. The smallest absolute Gasteiger partial charge is 0.224 e. The molecule has 0 spiro atoms. The van der Waals surface area contributed by atoms with E-state index in [0.29, 0.717) is 18.8 Å². The minimum Gasteiger partial charge on any atom is -0.369 e. The molecule has 88 valence electrons. The van der Waals surface area contributed by atoms with E-state index >= 15 is 0 Å². The monoisotopic (exact) mass is 242 g/mol. The van der Waals surface area contributed by atoms with Crippen molar-refractivity contribution in [2.75, 3.05) is 18.4 Å². The first-order valence-corrected chi connectivity index (χ1v) is 5.59. The van der Waals surface area contributed by atoms with Crippen molar-refractivity contribution in [2.24, 2.45) is 0 Å². The van der Waals surface area contributed by atoms with Crippen LogP contribution in [0.3, 0.4) is 0 Å². The molecular weight excluding hydrogens is 228 g/mol. The van der Waals surface area contributed by atoms with Crippen molar-refractivity contribution in [3.8, 4) is 0 Å². The van der Waals surface area contributed by atoms with Crippen molar-refractivity contribution in [3.05, 3.63) is 17.5 Å². The van der Waals surface area contributed by atoms with Gasteiger partial charge in [0.25, 0.3) is 0 Å². The largest absolute Gasteiger partial charge is 0.369 e. The zero-order valence-corrected chi connectivity index (χ0v) is 9.92. The molecule has 1 heterocycles. The highest BCUT2D eigenvalue weighted by Gasteiger charge is 2.00. The van der Waals surface area contributed by atoms with E-state index in [2.05, 4.69) is 20.6 Å². The molecule has 1 amide bonds. The van der Waals surface area contributed by atoms with Crippen molar-refractivity contribution in [2.45, 2.75) is 19.8 Å². The summed E-state index contributed by atoms with van der Waals surface area (Å²) in [6.45, 7) is 3.27. The number of nitrogens with zero attached hydrogens (tertiary/aromatic N) is 2. The molecule has 1 rings (SSSR count). The van der Waals surface area contributed by atoms with Crippen LogP contribution in [-0.2, 0) is 4.79 Å². The Labute approximate surface area is 99.6 Å². The van der Waals surface area contributed by atoms with E-state index in [-0.39, 0.29) is 11.2 Å². The normalized spacial score (nSPS) is 9.88. The van der Waals surface area contributed by atoms with Crippen LogP contribution in [0.1, 0.15) is 19.8 Å². The molecular formula is C10H15ClN4O. The molecule has 1 aromatic rings. The maximum atomic E-state index is 11.2. The van der Waals surface area contributed by atoms with Gasteiger partial charge in [-0.2, -0.15) is 0 Å². The number of anilines is 1. The Balaban J connectivity index is 2.22. The van der Waals surface area contributed by atoms with Gasteiger partial charge in [-0.05, 0) is 24.1 Å². The van der Waals surface area contributed by atoms with Crippen molar-refractivity contribution < 1.29 is 4.79 Å². The second-order valence-electron chi connectivity index (χ2n) is 3.24. The molecule has 0 aliphatic rings. The topological polar surface area (TPSA) is 66.9 Å². The van der Waals surface area contributed by atoms with Gasteiger partial charge in [-0.25, -0.2) is 9.97 Å². The molecule has 0 bridgehead atoms. The lowest BCUT2D eigenvalue weighted by Crippen LogP contribution is -2.25. The Morgan fingerprint density at radius 3 is 3.00 bits per heavy atom. The van der Waals surface area contributed by atoms with Gasteiger partial charge in [-0.15, -0.1) is 0 Å². The zero-order chi connectivity index (χ0) is 11.8. The second kappa shape index (κ2) is 7.00. The summed E-state index contributed by atoms with van der Waals surface area (Å²) in [6, 6.07) is 1.70. The van der Waals surface area contributed by atoms with Crippen LogP contribution in [0.15, 0.2) is 12.3 Å². The lowest BCUT2D eigenvalue weighted by atomic mass is 10.3. The van der Waals surface area contributed by atoms with E-state index in [1.165, 1.54) is 0 Å². The molecule has 0 aliphatic carbocycles. The summed E-state index contributed by atoms with van der Waals surface area (Å²) in [5, 5.41) is 5.98. The number of halogens is 1. The van der Waals surface area contributed by atoms with Crippen LogP contribution in [0.4, 0.5) is 5.82 Å². The maximum absolute atomic E-state index is 11.2. The number of rotatable bonds is 6. The molecule has 0 aliphatic heterocycles. The fourth-order valence-corrected chi connectivity index (χ4v) is 1.24. The van der Waals surface area contributed by atoms with Crippen molar-refractivity contribution in [1.29, 1.82) is 0 Å². The number of amides is 1. The standard InChI is InChI=1S/C10H15ClN4O/c1-2-5-13-9(16)4-7-12-8-3-6-14-10(11)15-8/h3,6H,2,4-5,7H2,1H3,(H,13,16)(H,12,14,15). The first-order valence-electron chi connectivity index (χ1n) is 5.21. The van der Waals surface area contributed by atoms with E-state index in [9.17, 15) is 4.79 Å². The number of hydrogen-bond acceptors (Lipinski definition) is 4. The first-order chi connectivity index (χ1) is 7.72. The Morgan fingerprint density at radius 1 is 1.50 bits per heavy atom. The summed E-state index contributed by atoms with van der Waals surface area (Å²) in [5.74, 6) is 0.665. The summed E-state index contributed by atoms with van der Waals surface area (Å²) >= 11 is 5.61. The van der Waals surface area contributed by atoms with E-state index in [1.807, 2.05) is 6.92 Å². The quantitative estimate of drug-likeness (QED) is 0.742. The minimum absolute atomic E-state index is 0.0366. The molecule has 0 fully saturated rings. The highest BCUT2D eigenvalue weighted by atomic mass is 35.5. The van der Waals surface area contributed by atoms with Gasteiger partial charge in [0.2, 0.25) is 11.2 Å². The molecule has 6 heteroatoms. The first kappa shape index (κ1) is 12.7. The molecule has 2 N–H and O–H groups in total. The highest BCUT2D eigenvalue weighted by molar-refractivity contribution is 6.28. The maximum Gasteiger partial charge on any atom is 0.224 e. The number of hydrogen-bond donors (Lipinski definition) is 2. The van der Waals surface area contributed by atoms with Crippen molar-refractivity contribution in [1.82, 2.24) is 15.3 Å². The Morgan fingerprint density at radius 2 is 2.31 bits per heavy atom. The fraction of sp³-hybridized carbons (Fsp3) is 0.500. The predicted octanol–water partition coefficient (Wildman–Crippen LogP) is 1.46. The minimum atomic E-state index is 0.0366. The van der Waals surface area contributed by atoms with E-state index < -0.39 is 0 Å². The van der Waals surface area contributed by atoms with Gasteiger partial charge in [0.05, 0.1) is 0 Å². The molecule has 1 aromatic heterocycles. The molecule has 0 radical (unpaired) electrons. The summed E-state index contributed by atoms with van der Waals surface area (Å²) in [6.07, 6.45) is 2.93. The van der Waals surface area contributed by atoms with Crippen molar-refractivity contribution in [3.63, 3.8) is 0 Å². The zero-order valence-electron chi connectivity index (χ0n) is 9.16. The van der Waals surface area contributed by atoms with Crippen LogP contribution in [0, 0.1) is 0 Å². The summed E-state index contributed by atoms with van der Waals surface area (Å²) in [4.78, 5) is 19.0. The number of aromatic nitrogens is 2. The van der Waals surface area contributed by atoms with Gasteiger partial charge in [0.1, 0.15) is 5.82 Å². The average molecular weight is 243 g/mol. The summed E-state index contributed by atoms with van der Waals surface area (Å²) < 4.78 is 0. The van der Waals surface area contributed by atoms with Crippen LogP contribution >= 0.6 is 11.6 Å². The van der Waals surface area contributed by atoms with Gasteiger partial charge in [-0.1, -0.05) is 6.92 Å². The number of carbonyl (C=O) groups excluding carboxylic acids is 1. The van der Waals surface area contributed by atoms with E-state index in [1.54, 1.807) is 12.3 Å². The molecule has 0 unspecified atom stereocenters. The van der Waals surface area contributed by atoms with Crippen LogP contribution < -0.4 is 10.6 Å². The van der Waals surface area contributed by atoms with Gasteiger partial charge in [0.15, 0.2) is 0 Å². The molecule has 5 nitrogen and oxygen atoms in total. The van der Waals surface area contributed by atoms with Crippen LogP contribution in [-0.4, -0.2) is 29.0 Å². The lowest BCUT2D eigenvalue weighted by Gasteiger charge is -2.05. The van der Waals surface area contributed by atoms with Gasteiger partial charge < -0.3 is 10.6 Å². The SMILES string of the molecule is CCCNC(=O)CCNc1ccnc(Cl)n1. The Bertz CT molecular complexity index is 345. The third-order valence-corrected chi connectivity index (χ3v) is 2.04. The molecule has 0 atom stereocenters. The Hall–Kier alpha value is -1.36. The van der Waals surface area contributed by atoms with Crippen LogP contribution in [0.2, 0.25) is 5.28 Å². The van der Waals surface area contributed by atoms with E-state index in [4.69, 9.17) is 11.6 Å². The van der Waals surface area contributed by atoms with Crippen molar-refractivity contribution >= 4 is 23.3 Å². The molecule has 0 saturated heterocycles. The van der Waals surface area contributed by atoms with Crippen LogP contribution in [0.5, 0.6) is 0 Å². The summed E-state index contributed by atoms with van der Waals surface area (Å²) in [5.41, 5.74) is 0. The van der Waals surface area contributed by atoms with Gasteiger partial charge >= 0.3 is 0 Å². The van der Waals surface area contributed by atoms with Gasteiger partial charge in [-0.3, -0.25) is 4.79 Å². The fourth-order valence-electron chi connectivity index (χ4n) is 1.09. The predicted molar refractivity (Wildman–Crippen MR) is 63.4 cm³/mol. The van der Waals surface area contributed by atoms with Gasteiger partial charge in [0, 0.05) is 25.7 Å². The second-order valence-corrected chi connectivity index (χ2v) is 3.58. The molecule has 16 heavy (non-hydrogen) atoms. The third kappa shape index (κ3) is 4.93. The average Bonchev–Trinajstić information content (AvgIpc) is 2.26. The third-order valence-electron chi connectivity index (χ3n) is 1.86. The summed E-state index contributed by atoms with van der Waals surface area (Å²) in [7, 11) is 0. The molecule has 0 saturated carbocycles. The highest BCUT2D eigenvalue weighted by Crippen LogP contribution is 2.05. The molecule has 0 aromatic carbocycles. The van der Waals surface area contributed by atoms with E-state index in [0.717, 1.165) is 13.0 Å².